The number of hydrogen-bond acceptors (Lipinski definition) is 2. The molecule has 1 saturated carbocycles. The molecule has 2 aliphatic rings. The smallest absolute Gasteiger partial charge is 0.00952 e. The first-order chi connectivity index (χ1) is 7.25. The van der Waals surface area contributed by atoms with Gasteiger partial charge in [0.15, 0.2) is 0 Å². The van der Waals surface area contributed by atoms with Crippen LogP contribution in [0, 0.1) is 0 Å². The van der Waals surface area contributed by atoms with Crippen molar-refractivity contribution < 1.29 is 0 Å². The minimum absolute atomic E-state index is 0.646. The van der Waals surface area contributed by atoms with E-state index in [1.54, 1.807) is 0 Å². The lowest BCUT2D eigenvalue weighted by Gasteiger charge is -2.37. The maximum Gasteiger partial charge on any atom is 0.00952 e. The van der Waals surface area contributed by atoms with E-state index in [9.17, 15) is 0 Å². The van der Waals surface area contributed by atoms with Crippen LogP contribution in [0.4, 0.5) is 0 Å². The minimum Gasteiger partial charge on any atom is -0.312 e. The van der Waals surface area contributed by atoms with E-state index in [-0.39, 0.29) is 0 Å². The van der Waals surface area contributed by atoms with Gasteiger partial charge in [-0.05, 0) is 38.8 Å². The van der Waals surface area contributed by atoms with Gasteiger partial charge in [0.25, 0.3) is 0 Å². The molecule has 0 atom stereocenters. The summed E-state index contributed by atoms with van der Waals surface area (Å²) in [6, 6.07) is 2.36. The minimum atomic E-state index is 0.646. The summed E-state index contributed by atoms with van der Waals surface area (Å²) in [5.74, 6) is 0. The molecule has 0 radical (unpaired) electrons. The van der Waals surface area contributed by atoms with Gasteiger partial charge < -0.3 is 10.2 Å². The van der Waals surface area contributed by atoms with Crippen LogP contribution in [0.5, 0.6) is 0 Å². The fourth-order valence-electron chi connectivity index (χ4n) is 3.17. The largest absolute Gasteiger partial charge is 0.312 e. The Labute approximate surface area is 94.4 Å². The summed E-state index contributed by atoms with van der Waals surface area (Å²) in [6.45, 7) is 7.16. The van der Waals surface area contributed by atoms with Gasteiger partial charge in [0, 0.05) is 18.1 Å². The molecule has 15 heavy (non-hydrogen) atoms. The summed E-state index contributed by atoms with van der Waals surface area (Å²) < 4.78 is 0. The molecule has 0 aromatic carbocycles. The second kappa shape index (κ2) is 5.31. The number of nitrogens with one attached hydrogen (secondary N) is 1. The molecule has 0 spiro atoms. The maximum atomic E-state index is 3.67. The lowest BCUT2D eigenvalue weighted by atomic mass is 10.0. The van der Waals surface area contributed by atoms with Crippen molar-refractivity contribution in [3.8, 4) is 0 Å². The molecule has 0 aromatic rings. The van der Waals surface area contributed by atoms with Gasteiger partial charge in [-0.1, -0.05) is 26.7 Å². The first-order valence-electron chi connectivity index (χ1n) is 6.76. The predicted molar refractivity (Wildman–Crippen MR) is 65.1 cm³/mol. The normalized spacial score (nSPS) is 26.6. The number of piperidine rings is 1. The SMILES string of the molecule is CC(C)NC1CCN(C2CCCC2)CC1. The van der Waals surface area contributed by atoms with E-state index in [0.717, 1.165) is 12.1 Å². The van der Waals surface area contributed by atoms with E-state index in [2.05, 4.69) is 24.1 Å². The third kappa shape index (κ3) is 3.18. The molecule has 1 saturated heterocycles. The molecule has 1 aliphatic heterocycles. The van der Waals surface area contributed by atoms with E-state index in [1.165, 1.54) is 51.6 Å². The molecule has 2 heteroatoms. The molecular formula is C13H26N2. The van der Waals surface area contributed by atoms with Gasteiger partial charge in [-0.2, -0.15) is 0 Å². The van der Waals surface area contributed by atoms with Gasteiger partial charge in [-0.25, -0.2) is 0 Å². The van der Waals surface area contributed by atoms with E-state index >= 15 is 0 Å². The van der Waals surface area contributed by atoms with E-state index in [1.807, 2.05) is 0 Å². The monoisotopic (exact) mass is 210 g/mol. The highest BCUT2D eigenvalue weighted by atomic mass is 15.2. The van der Waals surface area contributed by atoms with Gasteiger partial charge in [-0.15, -0.1) is 0 Å². The quantitative estimate of drug-likeness (QED) is 0.769. The molecule has 0 bridgehead atoms. The van der Waals surface area contributed by atoms with Crippen LogP contribution < -0.4 is 5.32 Å². The topological polar surface area (TPSA) is 15.3 Å². The van der Waals surface area contributed by atoms with Crippen LogP contribution in [0.3, 0.4) is 0 Å². The van der Waals surface area contributed by atoms with Crippen molar-refractivity contribution in [1.29, 1.82) is 0 Å². The zero-order valence-electron chi connectivity index (χ0n) is 10.3. The third-order valence-corrected chi connectivity index (χ3v) is 3.94. The third-order valence-electron chi connectivity index (χ3n) is 3.94. The zero-order valence-corrected chi connectivity index (χ0v) is 10.3. The molecule has 0 amide bonds. The van der Waals surface area contributed by atoms with Gasteiger partial charge in [0.2, 0.25) is 0 Å². The van der Waals surface area contributed by atoms with Gasteiger partial charge in [-0.3, -0.25) is 0 Å². The van der Waals surface area contributed by atoms with Crippen LogP contribution >= 0.6 is 0 Å². The van der Waals surface area contributed by atoms with Gasteiger partial charge >= 0.3 is 0 Å². The van der Waals surface area contributed by atoms with E-state index < -0.39 is 0 Å². The second-order valence-electron chi connectivity index (χ2n) is 5.57. The molecule has 0 aromatic heterocycles. The van der Waals surface area contributed by atoms with Crippen molar-refractivity contribution in [2.45, 2.75) is 70.5 Å². The highest BCUT2D eigenvalue weighted by molar-refractivity contribution is 4.84. The van der Waals surface area contributed by atoms with Gasteiger partial charge in [0.05, 0.1) is 0 Å². The maximum absolute atomic E-state index is 3.67. The van der Waals surface area contributed by atoms with E-state index in [4.69, 9.17) is 0 Å². The highest BCUT2D eigenvalue weighted by Crippen LogP contribution is 2.26. The first-order valence-corrected chi connectivity index (χ1v) is 6.76. The highest BCUT2D eigenvalue weighted by Gasteiger charge is 2.26. The molecule has 88 valence electrons. The summed E-state index contributed by atoms with van der Waals surface area (Å²) in [5, 5.41) is 3.67. The predicted octanol–water partition coefficient (Wildman–Crippen LogP) is 2.39. The van der Waals surface area contributed by atoms with Crippen LogP contribution in [0.15, 0.2) is 0 Å². The fraction of sp³-hybridized carbons (Fsp3) is 1.00. The zero-order chi connectivity index (χ0) is 10.7. The number of rotatable bonds is 3. The van der Waals surface area contributed by atoms with Crippen LogP contribution in [-0.4, -0.2) is 36.1 Å². The van der Waals surface area contributed by atoms with Crippen LogP contribution in [0.1, 0.15) is 52.4 Å². The molecule has 2 rings (SSSR count). The molecule has 2 fully saturated rings. The Kier molecular flexibility index (Phi) is 4.04. The molecule has 1 aliphatic carbocycles. The van der Waals surface area contributed by atoms with Crippen molar-refractivity contribution in [2.75, 3.05) is 13.1 Å². The van der Waals surface area contributed by atoms with Crippen molar-refractivity contribution in [2.24, 2.45) is 0 Å². The molecule has 1 heterocycles. The van der Waals surface area contributed by atoms with Crippen molar-refractivity contribution in [3.63, 3.8) is 0 Å². The molecular weight excluding hydrogens is 184 g/mol. The number of nitrogens with zero attached hydrogens (tertiary/aromatic N) is 1. The molecule has 0 unspecified atom stereocenters. The number of hydrogen-bond donors (Lipinski definition) is 1. The Morgan fingerprint density at radius 1 is 1.00 bits per heavy atom. The summed E-state index contributed by atoms with van der Waals surface area (Å²) in [5.41, 5.74) is 0. The Bertz CT molecular complexity index is 177. The lowest BCUT2D eigenvalue weighted by Crippen LogP contribution is -2.47. The summed E-state index contributed by atoms with van der Waals surface area (Å²) in [7, 11) is 0. The van der Waals surface area contributed by atoms with Crippen molar-refractivity contribution >= 4 is 0 Å². The van der Waals surface area contributed by atoms with Crippen LogP contribution in [0.25, 0.3) is 0 Å². The van der Waals surface area contributed by atoms with Crippen LogP contribution in [-0.2, 0) is 0 Å². The Balaban J connectivity index is 1.71. The second-order valence-corrected chi connectivity index (χ2v) is 5.57. The molecule has 1 N–H and O–H groups in total. The molecule has 2 nitrogen and oxygen atoms in total. The van der Waals surface area contributed by atoms with E-state index in [0.29, 0.717) is 6.04 Å². The summed E-state index contributed by atoms with van der Waals surface area (Å²) in [6.07, 6.45) is 8.57. The number of likely N-dealkylation sites (tertiary alicyclic amines) is 1. The van der Waals surface area contributed by atoms with Crippen molar-refractivity contribution in [1.82, 2.24) is 10.2 Å². The average molecular weight is 210 g/mol. The van der Waals surface area contributed by atoms with Crippen LogP contribution in [0.2, 0.25) is 0 Å². The van der Waals surface area contributed by atoms with Crippen molar-refractivity contribution in [3.05, 3.63) is 0 Å². The first kappa shape index (κ1) is 11.4. The average Bonchev–Trinajstić information content (AvgIpc) is 2.71. The summed E-state index contributed by atoms with van der Waals surface area (Å²) >= 11 is 0. The Morgan fingerprint density at radius 3 is 2.13 bits per heavy atom. The Morgan fingerprint density at radius 2 is 1.60 bits per heavy atom. The van der Waals surface area contributed by atoms with Gasteiger partial charge in [0.1, 0.15) is 0 Å². The standard InChI is InChI=1S/C13H26N2/c1-11(2)14-12-7-9-15(10-8-12)13-5-3-4-6-13/h11-14H,3-10H2,1-2H3. The lowest BCUT2D eigenvalue weighted by molar-refractivity contribution is 0.142. The summed E-state index contributed by atoms with van der Waals surface area (Å²) in [4.78, 5) is 2.74. The Hall–Kier alpha value is -0.0800. The fourth-order valence-corrected chi connectivity index (χ4v) is 3.17.